The third kappa shape index (κ3) is 6.45. The summed E-state index contributed by atoms with van der Waals surface area (Å²) in [7, 11) is 4.20. The normalized spacial score (nSPS) is 11.8. The van der Waals surface area contributed by atoms with Crippen molar-refractivity contribution in [3.63, 3.8) is 0 Å². The smallest absolute Gasteiger partial charge is 0.206 e. The van der Waals surface area contributed by atoms with Crippen LogP contribution in [0, 0.1) is 0 Å². The zero-order valence-electron chi connectivity index (χ0n) is 21.1. The molecule has 37 heavy (non-hydrogen) atoms. The molecule has 0 amide bonds. The Bertz CT molecular complexity index is 1380. The Morgan fingerprint density at radius 2 is 0.676 bits per heavy atom. The van der Waals surface area contributed by atoms with Crippen molar-refractivity contribution in [2.75, 3.05) is 38.0 Å². The molecule has 0 bridgehead atoms. The third-order valence-corrected chi connectivity index (χ3v) is 7.37. The number of hydrogen-bond acceptors (Lipinski definition) is 8. The Morgan fingerprint density at radius 3 is 0.919 bits per heavy atom. The predicted octanol–water partition coefficient (Wildman–Crippen LogP) is 7.48. The number of azo groups is 2. The average molecular weight is 513 g/mol. The molecular formula is C28H28N6O2S. The summed E-state index contributed by atoms with van der Waals surface area (Å²) in [5.41, 5.74) is 4.68. The molecule has 0 unspecified atom stereocenters. The van der Waals surface area contributed by atoms with Gasteiger partial charge >= 0.3 is 0 Å². The average Bonchev–Trinajstić information content (AvgIpc) is 2.91. The van der Waals surface area contributed by atoms with Gasteiger partial charge in [-0.3, -0.25) is 0 Å². The van der Waals surface area contributed by atoms with Gasteiger partial charge in [0.2, 0.25) is 9.84 Å². The van der Waals surface area contributed by atoms with Crippen LogP contribution in [0.3, 0.4) is 0 Å². The molecule has 0 fully saturated rings. The lowest BCUT2D eigenvalue weighted by atomic mass is 10.3. The van der Waals surface area contributed by atoms with E-state index in [1.165, 1.54) is 24.3 Å². The highest BCUT2D eigenvalue weighted by molar-refractivity contribution is 7.91. The number of sulfone groups is 1. The van der Waals surface area contributed by atoms with Gasteiger partial charge in [0.05, 0.1) is 32.5 Å². The minimum absolute atomic E-state index is 0.178. The van der Waals surface area contributed by atoms with Crippen molar-refractivity contribution in [2.24, 2.45) is 20.5 Å². The van der Waals surface area contributed by atoms with Gasteiger partial charge in [-0.05, 0) is 97.1 Å². The van der Waals surface area contributed by atoms with E-state index in [2.05, 4.69) is 20.5 Å². The maximum atomic E-state index is 13.1. The number of anilines is 2. The van der Waals surface area contributed by atoms with Crippen molar-refractivity contribution >= 4 is 44.0 Å². The molecule has 188 valence electrons. The summed E-state index contributed by atoms with van der Waals surface area (Å²) < 4.78 is 26.1. The van der Waals surface area contributed by atoms with Crippen LogP contribution in [0.25, 0.3) is 0 Å². The standard InChI is InChI=1S/C28H28N6O2S/c1-33(2)25-13-5-21(6-14-25)29-31-23-9-17-27(18-10-23)37(35,36)28-19-11-24(12-20-28)32-30-22-7-15-26(16-8-22)34(3)4/h5-20H,1-4H3. The third-order valence-electron chi connectivity index (χ3n) is 5.59. The Morgan fingerprint density at radius 1 is 0.432 bits per heavy atom. The minimum atomic E-state index is -3.69. The lowest BCUT2D eigenvalue weighted by Crippen LogP contribution is -2.07. The van der Waals surface area contributed by atoms with E-state index in [4.69, 9.17) is 0 Å². The van der Waals surface area contributed by atoms with Crippen molar-refractivity contribution in [2.45, 2.75) is 9.79 Å². The van der Waals surface area contributed by atoms with Gasteiger partial charge in [-0.2, -0.15) is 20.5 Å². The van der Waals surface area contributed by atoms with E-state index in [0.29, 0.717) is 22.7 Å². The van der Waals surface area contributed by atoms with E-state index in [1.807, 2.05) is 86.5 Å². The predicted molar refractivity (Wildman–Crippen MR) is 148 cm³/mol. The molecule has 0 radical (unpaired) electrons. The molecule has 0 aliphatic carbocycles. The van der Waals surface area contributed by atoms with Gasteiger partial charge in [-0.15, -0.1) is 0 Å². The van der Waals surface area contributed by atoms with Gasteiger partial charge in [-0.25, -0.2) is 8.42 Å². The van der Waals surface area contributed by atoms with E-state index >= 15 is 0 Å². The molecule has 0 aromatic heterocycles. The fourth-order valence-corrected chi connectivity index (χ4v) is 4.65. The van der Waals surface area contributed by atoms with Crippen LogP contribution in [0.1, 0.15) is 0 Å². The van der Waals surface area contributed by atoms with E-state index < -0.39 is 9.84 Å². The summed E-state index contributed by atoms with van der Waals surface area (Å²) in [6.45, 7) is 0. The highest BCUT2D eigenvalue weighted by Gasteiger charge is 2.17. The molecule has 8 nitrogen and oxygen atoms in total. The molecule has 4 aromatic rings. The first-order valence-electron chi connectivity index (χ1n) is 11.6. The lowest BCUT2D eigenvalue weighted by Gasteiger charge is -2.11. The van der Waals surface area contributed by atoms with Gasteiger partial charge in [0.25, 0.3) is 0 Å². The maximum Gasteiger partial charge on any atom is 0.206 e. The van der Waals surface area contributed by atoms with Crippen LogP contribution in [-0.2, 0) is 9.84 Å². The number of benzene rings is 4. The zero-order chi connectivity index (χ0) is 26.4. The second-order valence-electron chi connectivity index (χ2n) is 8.71. The molecule has 9 heteroatoms. The van der Waals surface area contributed by atoms with Crippen LogP contribution in [-0.4, -0.2) is 36.6 Å². The topological polar surface area (TPSA) is 90.1 Å². The molecule has 0 aliphatic heterocycles. The van der Waals surface area contributed by atoms with E-state index in [-0.39, 0.29) is 9.79 Å². The van der Waals surface area contributed by atoms with Gasteiger partial charge in [-0.1, -0.05) is 0 Å². The first-order chi connectivity index (χ1) is 17.7. The van der Waals surface area contributed by atoms with Gasteiger partial charge < -0.3 is 9.80 Å². The molecule has 0 N–H and O–H groups in total. The van der Waals surface area contributed by atoms with Crippen molar-refractivity contribution in [3.05, 3.63) is 97.1 Å². The minimum Gasteiger partial charge on any atom is -0.378 e. The highest BCUT2D eigenvalue weighted by atomic mass is 32.2. The molecule has 0 heterocycles. The molecule has 0 spiro atoms. The zero-order valence-corrected chi connectivity index (χ0v) is 22.0. The van der Waals surface area contributed by atoms with Crippen molar-refractivity contribution < 1.29 is 8.42 Å². The van der Waals surface area contributed by atoms with Gasteiger partial charge in [0.15, 0.2) is 0 Å². The van der Waals surface area contributed by atoms with E-state index in [1.54, 1.807) is 24.3 Å². The van der Waals surface area contributed by atoms with Crippen LogP contribution >= 0.6 is 0 Å². The Kier molecular flexibility index (Phi) is 7.74. The fraction of sp³-hybridized carbons (Fsp3) is 0.143. The van der Waals surface area contributed by atoms with Crippen LogP contribution in [0.5, 0.6) is 0 Å². The Labute approximate surface area is 217 Å². The monoisotopic (exact) mass is 512 g/mol. The fourth-order valence-electron chi connectivity index (χ4n) is 3.39. The summed E-state index contributed by atoms with van der Waals surface area (Å²) in [5, 5.41) is 16.9. The van der Waals surface area contributed by atoms with Crippen molar-refractivity contribution in [1.29, 1.82) is 0 Å². The Balaban J connectivity index is 1.43. The SMILES string of the molecule is CN(C)c1ccc(N=Nc2ccc(S(=O)(=O)c3ccc(N=Nc4ccc(N(C)C)cc4)cc3)cc2)cc1. The second kappa shape index (κ2) is 11.1. The quantitative estimate of drug-likeness (QED) is 0.229. The summed E-state index contributed by atoms with van der Waals surface area (Å²) >= 11 is 0. The van der Waals surface area contributed by atoms with Gasteiger partial charge in [0, 0.05) is 39.6 Å². The maximum absolute atomic E-state index is 13.1. The summed E-state index contributed by atoms with van der Waals surface area (Å²) in [6.07, 6.45) is 0. The van der Waals surface area contributed by atoms with Crippen molar-refractivity contribution in [3.8, 4) is 0 Å². The van der Waals surface area contributed by atoms with Crippen LogP contribution in [0.2, 0.25) is 0 Å². The molecule has 0 saturated carbocycles. The number of rotatable bonds is 8. The van der Waals surface area contributed by atoms with E-state index in [9.17, 15) is 8.42 Å². The van der Waals surface area contributed by atoms with E-state index in [0.717, 1.165) is 11.4 Å². The molecular weight excluding hydrogens is 484 g/mol. The summed E-state index contributed by atoms with van der Waals surface area (Å²) in [4.78, 5) is 4.36. The molecule has 4 rings (SSSR count). The second-order valence-corrected chi connectivity index (χ2v) is 10.7. The molecule has 0 aliphatic rings. The molecule has 0 atom stereocenters. The molecule has 4 aromatic carbocycles. The number of hydrogen-bond donors (Lipinski definition) is 0. The van der Waals surface area contributed by atoms with Crippen molar-refractivity contribution in [1.82, 2.24) is 0 Å². The largest absolute Gasteiger partial charge is 0.378 e. The first kappa shape index (κ1) is 25.7. The summed E-state index contributed by atoms with van der Waals surface area (Å²) in [6, 6.07) is 28.0. The van der Waals surface area contributed by atoms with Crippen LogP contribution in [0.15, 0.2) is 127 Å². The molecule has 0 saturated heterocycles. The summed E-state index contributed by atoms with van der Waals surface area (Å²) in [5.74, 6) is 0. The highest BCUT2D eigenvalue weighted by Crippen LogP contribution is 2.27. The van der Waals surface area contributed by atoms with Crippen LogP contribution < -0.4 is 9.80 Å². The van der Waals surface area contributed by atoms with Crippen LogP contribution in [0.4, 0.5) is 34.1 Å². The lowest BCUT2D eigenvalue weighted by molar-refractivity contribution is 0.596. The van der Waals surface area contributed by atoms with Gasteiger partial charge in [0.1, 0.15) is 0 Å². The number of nitrogens with zero attached hydrogens (tertiary/aromatic N) is 6. The first-order valence-corrected chi connectivity index (χ1v) is 13.0. The Hall–Kier alpha value is -4.37.